The third kappa shape index (κ3) is 3.56. The van der Waals surface area contributed by atoms with Crippen molar-refractivity contribution in [2.45, 2.75) is 46.5 Å². The molecule has 0 unspecified atom stereocenters. The number of nitrogen functional groups attached to an aromatic ring is 1. The fourth-order valence-electron chi connectivity index (χ4n) is 2.75. The molecule has 2 aromatic rings. The van der Waals surface area contributed by atoms with Gasteiger partial charge in [0.1, 0.15) is 0 Å². The Morgan fingerprint density at radius 3 is 2.09 bits per heavy atom. The van der Waals surface area contributed by atoms with Crippen LogP contribution in [0.3, 0.4) is 0 Å². The van der Waals surface area contributed by atoms with E-state index >= 15 is 0 Å². The fourth-order valence-corrected chi connectivity index (χ4v) is 2.75. The first kappa shape index (κ1) is 16.3. The summed E-state index contributed by atoms with van der Waals surface area (Å²) in [5, 5.41) is 0. The second kappa shape index (κ2) is 7.79. The van der Waals surface area contributed by atoms with Crippen LogP contribution in [-0.4, -0.2) is 6.21 Å². The predicted octanol–water partition coefficient (Wildman–Crippen LogP) is 5.10. The summed E-state index contributed by atoms with van der Waals surface area (Å²) in [7, 11) is 0. The van der Waals surface area contributed by atoms with Crippen LogP contribution in [0.1, 0.15) is 49.4 Å². The Kier molecular flexibility index (Phi) is 5.76. The standard InChI is InChI=1S/C20H26N2/c1-4-9-17-12-8-13-18(19(17)21)14-22-20-15(5-2)10-7-11-16(20)6-3/h7-8,10-14H,4-6,9,21H2,1-3H3/b22-14-. The molecule has 116 valence electrons. The average Bonchev–Trinajstić information content (AvgIpc) is 2.55. The highest BCUT2D eigenvalue weighted by Crippen LogP contribution is 2.26. The van der Waals surface area contributed by atoms with Gasteiger partial charge < -0.3 is 5.73 Å². The van der Waals surface area contributed by atoms with Gasteiger partial charge in [-0.2, -0.15) is 0 Å². The van der Waals surface area contributed by atoms with Crippen molar-refractivity contribution in [3.8, 4) is 0 Å². The van der Waals surface area contributed by atoms with Gasteiger partial charge in [0, 0.05) is 17.5 Å². The van der Waals surface area contributed by atoms with Crippen LogP contribution in [0, 0.1) is 0 Å². The van der Waals surface area contributed by atoms with Crippen molar-refractivity contribution in [3.05, 3.63) is 58.7 Å². The molecule has 0 saturated carbocycles. The second-order valence-corrected chi connectivity index (χ2v) is 5.56. The molecular weight excluding hydrogens is 268 g/mol. The molecule has 0 bridgehead atoms. The van der Waals surface area contributed by atoms with Crippen LogP contribution in [-0.2, 0) is 19.3 Å². The van der Waals surface area contributed by atoms with Crippen molar-refractivity contribution in [3.63, 3.8) is 0 Å². The Balaban J connectivity index is 2.39. The van der Waals surface area contributed by atoms with E-state index in [9.17, 15) is 0 Å². The molecule has 2 heteroatoms. The van der Waals surface area contributed by atoms with Gasteiger partial charge in [0.05, 0.1) is 5.69 Å². The quantitative estimate of drug-likeness (QED) is 0.584. The summed E-state index contributed by atoms with van der Waals surface area (Å²) in [4.78, 5) is 4.78. The minimum atomic E-state index is 0.861. The van der Waals surface area contributed by atoms with E-state index in [0.29, 0.717) is 0 Å². The summed E-state index contributed by atoms with van der Waals surface area (Å²) in [5.74, 6) is 0. The molecule has 2 nitrogen and oxygen atoms in total. The molecule has 2 rings (SSSR count). The number of aliphatic imine (C=N–C) groups is 1. The lowest BCUT2D eigenvalue weighted by atomic mass is 10.0. The van der Waals surface area contributed by atoms with Gasteiger partial charge in [0.15, 0.2) is 0 Å². The molecule has 0 amide bonds. The number of benzene rings is 2. The highest BCUT2D eigenvalue weighted by molar-refractivity contribution is 5.90. The number of nitrogens with zero attached hydrogens (tertiary/aromatic N) is 1. The van der Waals surface area contributed by atoms with Crippen LogP contribution in [0.4, 0.5) is 11.4 Å². The molecule has 0 spiro atoms. The van der Waals surface area contributed by atoms with Crippen LogP contribution in [0.5, 0.6) is 0 Å². The van der Waals surface area contributed by atoms with Crippen molar-refractivity contribution >= 4 is 17.6 Å². The van der Waals surface area contributed by atoms with Gasteiger partial charge in [0.25, 0.3) is 0 Å². The van der Waals surface area contributed by atoms with Crippen LogP contribution >= 0.6 is 0 Å². The maximum atomic E-state index is 6.28. The van der Waals surface area contributed by atoms with E-state index in [0.717, 1.165) is 42.6 Å². The maximum Gasteiger partial charge on any atom is 0.0693 e. The monoisotopic (exact) mass is 294 g/mol. The Morgan fingerprint density at radius 2 is 1.50 bits per heavy atom. The van der Waals surface area contributed by atoms with E-state index in [1.165, 1.54) is 16.7 Å². The summed E-state index contributed by atoms with van der Waals surface area (Å²) < 4.78 is 0. The third-order valence-corrected chi connectivity index (χ3v) is 4.05. The molecule has 0 aliphatic heterocycles. The minimum Gasteiger partial charge on any atom is -0.398 e. The normalized spacial score (nSPS) is 11.2. The molecular formula is C20H26N2. The van der Waals surface area contributed by atoms with E-state index in [-0.39, 0.29) is 0 Å². The van der Waals surface area contributed by atoms with Crippen molar-refractivity contribution in [2.75, 3.05) is 5.73 Å². The average molecular weight is 294 g/mol. The first-order valence-corrected chi connectivity index (χ1v) is 8.23. The highest BCUT2D eigenvalue weighted by atomic mass is 14.7. The van der Waals surface area contributed by atoms with Gasteiger partial charge in [-0.3, -0.25) is 4.99 Å². The van der Waals surface area contributed by atoms with Gasteiger partial charge in [-0.25, -0.2) is 0 Å². The molecule has 0 aliphatic carbocycles. The molecule has 0 aliphatic rings. The zero-order valence-electron chi connectivity index (χ0n) is 13.9. The minimum absolute atomic E-state index is 0.861. The number of para-hydroxylation sites is 2. The van der Waals surface area contributed by atoms with Gasteiger partial charge in [-0.05, 0) is 36.0 Å². The smallest absolute Gasteiger partial charge is 0.0693 e. The van der Waals surface area contributed by atoms with Crippen molar-refractivity contribution in [2.24, 2.45) is 4.99 Å². The molecule has 0 aromatic heterocycles. The lowest BCUT2D eigenvalue weighted by molar-refractivity contribution is 0.924. The Bertz CT molecular complexity index is 635. The first-order valence-electron chi connectivity index (χ1n) is 8.23. The van der Waals surface area contributed by atoms with Gasteiger partial charge in [0.2, 0.25) is 0 Å². The van der Waals surface area contributed by atoms with E-state index in [4.69, 9.17) is 10.7 Å². The van der Waals surface area contributed by atoms with Crippen molar-refractivity contribution < 1.29 is 0 Å². The Labute approximate surface area is 134 Å². The van der Waals surface area contributed by atoms with Crippen LogP contribution in [0.25, 0.3) is 0 Å². The van der Waals surface area contributed by atoms with E-state index < -0.39 is 0 Å². The molecule has 0 radical (unpaired) electrons. The maximum absolute atomic E-state index is 6.28. The molecule has 0 saturated heterocycles. The van der Waals surface area contributed by atoms with Gasteiger partial charge >= 0.3 is 0 Å². The van der Waals surface area contributed by atoms with Crippen LogP contribution in [0.15, 0.2) is 41.4 Å². The highest BCUT2D eigenvalue weighted by Gasteiger charge is 2.06. The van der Waals surface area contributed by atoms with E-state index in [2.05, 4.69) is 51.1 Å². The fraction of sp³-hybridized carbons (Fsp3) is 0.350. The van der Waals surface area contributed by atoms with Gasteiger partial charge in [-0.15, -0.1) is 0 Å². The number of rotatable bonds is 6. The van der Waals surface area contributed by atoms with E-state index in [1.54, 1.807) is 0 Å². The zero-order chi connectivity index (χ0) is 15.9. The third-order valence-electron chi connectivity index (χ3n) is 4.05. The predicted molar refractivity (Wildman–Crippen MR) is 97.3 cm³/mol. The number of nitrogens with two attached hydrogens (primary N) is 1. The molecule has 22 heavy (non-hydrogen) atoms. The van der Waals surface area contributed by atoms with Gasteiger partial charge in [-0.1, -0.05) is 63.6 Å². The molecule has 2 N–H and O–H groups in total. The lowest BCUT2D eigenvalue weighted by Gasteiger charge is -2.10. The number of hydrogen-bond acceptors (Lipinski definition) is 2. The second-order valence-electron chi connectivity index (χ2n) is 5.56. The Morgan fingerprint density at radius 1 is 0.909 bits per heavy atom. The Hall–Kier alpha value is -2.09. The van der Waals surface area contributed by atoms with E-state index in [1.807, 2.05) is 12.3 Å². The molecule has 0 atom stereocenters. The summed E-state index contributed by atoms with van der Waals surface area (Å²) in [6.07, 6.45) is 6.02. The summed E-state index contributed by atoms with van der Waals surface area (Å²) in [6.45, 7) is 6.51. The number of hydrogen-bond donors (Lipinski definition) is 1. The van der Waals surface area contributed by atoms with Crippen molar-refractivity contribution in [1.29, 1.82) is 0 Å². The summed E-state index contributed by atoms with van der Waals surface area (Å²) in [6, 6.07) is 12.6. The number of aryl methyl sites for hydroxylation is 3. The molecule has 0 fully saturated rings. The van der Waals surface area contributed by atoms with Crippen molar-refractivity contribution in [1.82, 2.24) is 0 Å². The topological polar surface area (TPSA) is 38.4 Å². The van der Waals surface area contributed by atoms with Crippen LogP contribution < -0.4 is 5.73 Å². The summed E-state index contributed by atoms with van der Waals surface area (Å²) in [5.41, 5.74) is 13.1. The lowest BCUT2D eigenvalue weighted by Crippen LogP contribution is -1.99. The zero-order valence-corrected chi connectivity index (χ0v) is 13.9. The largest absolute Gasteiger partial charge is 0.398 e. The molecule has 0 heterocycles. The SMILES string of the molecule is CCCc1cccc(/C=N\c2c(CC)cccc2CC)c1N. The first-order chi connectivity index (χ1) is 10.7. The van der Waals surface area contributed by atoms with Crippen LogP contribution in [0.2, 0.25) is 0 Å². The molecule has 2 aromatic carbocycles. The number of anilines is 1. The summed E-state index contributed by atoms with van der Waals surface area (Å²) >= 11 is 0.